The summed E-state index contributed by atoms with van der Waals surface area (Å²) in [7, 11) is 0. The first kappa shape index (κ1) is 12.2. The van der Waals surface area contributed by atoms with E-state index < -0.39 is 0 Å². The fourth-order valence-corrected chi connectivity index (χ4v) is 3.89. The molecule has 1 saturated heterocycles. The number of hydrogen-bond donors (Lipinski definition) is 2. The van der Waals surface area contributed by atoms with E-state index in [4.69, 9.17) is 5.73 Å². The maximum absolute atomic E-state index is 11.9. The van der Waals surface area contributed by atoms with Gasteiger partial charge < -0.3 is 11.1 Å². The van der Waals surface area contributed by atoms with Crippen LogP contribution in [0, 0.1) is 5.92 Å². The van der Waals surface area contributed by atoms with Gasteiger partial charge in [0.15, 0.2) is 0 Å². The lowest BCUT2D eigenvalue weighted by atomic mass is 10.0. The zero-order valence-corrected chi connectivity index (χ0v) is 10.8. The molecule has 1 heterocycles. The number of rotatable bonds is 3. The van der Waals surface area contributed by atoms with Crippen molar-refractivity contribution < 1.29 is 4.79 Å². The number of hydrogen-bond acceptors (Lipinski definition) is 3. The van der Waals surface area contributed by atoms with Crippen LogP contribution in [0.2, 0.25) is 0 Å². The molecule has 0 bridgehead atoms. The van der Waals surface area contributed by atoms with Crippen LogP contribution in [0.3, 0.4) is 0 Å². The molecule has 3 unspecified atom stereocenters. The van der Waals surface area contributed by atoms with Gasteiger partial charge in [0.05, 0.1) is 0 Å². The lowest BCUT2D eigenvalue weighted by molar-refractivity contribution is -0.124. The SMILES string of the molecule is CC1(CNC(=O)C2CCC(N)C2)CCCS1. The first-order valence-electron chi connectivity index (χ1n) is 6.26. The van der Waals surface area contributed by atoms with Gasteiger partial charge in [-0.1, -0.05) is 0 Å². The number of amides is 1. The van der Waals surface area contributed by atoms with Crippen LogP contribution in [0.1, 0.15) is 39.0 Å². The van der Waals surface area contributed by atoms with Gasteiger partial charge in [0.25, 0.3) is 0 Å². The monoisotopic (exact) mass is 242 g/mol. The Hall–Kier alpha value is -0.220. The van der Waals surface area contributed by atoms with Crippen LogP contribution in [0.5, 0.6) is 0 Å². The minimum atomic E-state index is 0.171. The Kier molecular flexibility index (Phi) is 3.80. The van der Waals surface area contributed by atoms with Crippen LogP contribution in [0.4, 0.5) is 0 Å². The van der Waals surface area contributed by atoms with Crippen LogP contribution < -0.4 is 11.1 Å². The van der Waals surface area contributed by atoms with Crippen molar-refractivity contribution in [2.24, 2.45) is 11.7 Å². The molecule has 0 aromatic rings. The number of carbonyl (C=O) groups is 1. The summed E-state index contributed by atoms with van der Waals surface area (Å²) in [5.41, 5.74) is 5.82. The Labute approximate surface area is 102 Å². The third-order valence-electron chi connectivity index (χ3n) is 3.78. The van der Waals surface area contributed by atoms with E-state index in [0.717, 1.165) is 25.8 Å². The second kappa shape index (κ2) is 4.96. The Morgan fingerprint density at radius 2 is 2.38 bits per heavy atom. The second-order valence-corrected chi connectivity index (χ2v) is 7.07. The first-order valence-corrected chi connectivity index (χ1v) is 7.25. The summed E-state index contributed by atoms with van der Waals surface area (Å²) in [6.07, 6.45) is 5.35. The average Bonchev–Trinajstić information content (AvgIpc) is 2.85. The molecule has 16 heavy (non-hydrogen) atoms. The van der Waals surface area contributed by atoms with Gasteiger partial charge in [0.2, 0.25) is 5.91 Å². The van der Waals surface area contributed by atoms with Gasteiger partial charge in [-0.05, 0) is 44.8 Å². The zero-order chi connectivity index (χ0) is 11.6. The molecule has 0 spiro atoms. The summed E-state index contributed by atoms with van der Waals surface area (Å²) in [4.78, 5) is 11.9. The van der Waals surface area contributed by atoms with Crippen molar-refractivity contribution in [3.05, 3.63) is 0 Å². The quantitative estimate of drug-likeness (QED) is 0.789. The number of thioether (sulfide) groups is 1. The topological polar surface area (TPSA) is 55.1 Å². The predicted octanol–water partition coefficient (Wildman–Crippen LogP) is 1.52. The van der Waals surface area contributed by atoms with Gasteiger partial charge in [0, 0.05) is 23.3 Å². The summed E-state index contributed by atoms with van der Waals surface area (Å²) in [6.45, 7) is 3.08. The van der Waals surface area contributed by atoms with E-state index in [-0.39, 0.29) is 22.6 Å². The molecular weight excluding hydrogens is 220 g/mol. The third kappa shape index (κ3) is 2.92. The molecule has 2 rings (SSSR count). The Bertz CT molecular complexity index is 264. The molecule has 0 radical (unpaired) electrons. The van der Waals surface area contributed by atoms with Crippen LogP contribution in [0.25, 0.3) is 0 Å². The highest BCUT2D eigenvalue weighted by molar-refractivity contribution is 8.00. The van der Waals surface area contributed by atoms with Crippen molar-refractivity contribution in [2.75, 3.05) is 12.3 Å². The molecule has 92 valence electrons. The van der Waals surface area contributed by atoms with Gasteiger partial charge in [-0.25, -0.2) is 0 Å². The highest BCUT2D eigenvalue weighted by atomic mass is 32.2. The summed E-state index contributed by atoms with van der Waals surface area (Å²) in [5, 5.41) is 3.11. The molecule has 0 aromatic heterocycles. The van der Waals surface area contributed by atoms with Crippen molar-refractivity contribution in [2.45, 2.75) is 49.8 Å². The summed E-state index contributed by atoms with van der Waals surface area (Å²) in [6, 6.07) is 0.243. The lowest BCUT2D eigenvalue weighted by Crippen LogP contribution is -2.39. The van der Waals surface area contributed by atoms with Crippen molar-refractivity contribution >= 4 is 17.7 Å². The van der Waals surface area contributed by atoms with Gasteiger partial charge in [0.1, 0.15) is 0 Å². The minimum absolute atomic E-state index is 0.171. The van der Waals surface area contributed by atoms with Gasteiger partial charge in [-0.2, -0.15) is 11.8 Å². The molecule has 2 aliphatic rings. The van der Waals surface area contributed by atoms with Crippen LogP contribution >= 0.6 is 11.8 Å². The maximum atomic E-state index is 11.9. The van der Waals surface area contributed by atoms with Crippen molar-refractivity contribution in [3.63, 3.8) is 0 Å². The van der Waals surface area contributed by atoms with Crippen molar-refractivity contribution in [3.8, 4) is 0 Å². The highest BCUT2D eigenvalue weighted by Crippen LogP contribution is 2.37. The molecule has 3 N–H and O–H groups in total. The molecule has 1 aliphatic heterocycles. The molecule has 0 aromatic carbocycles. The van der Waals surface area contributed by atoms with Gasteiger partial charge in [-0.3, -0.25) is 4.79 Å². The molecule has 1 saturated carbocycles. The lowest BCUT2D eigenvalue weighted by Gasteiger charge is -2.23. The third-order valence-corrected chi connectivity index (χ3v) is 5.32. The van der Waals surface area contributed by atoms with E-state index in [1.807, 2.05) is 11.8 Å². The average molecular weight is 242 g/mol. The van der Waals surface area contributed by atoms with Crippen molar-refractivity contribution in [1.29, 1.82) is 0 Å². The maximum Gasteiger partial charge on any atom is 0.223 e. The fourth-order valence-electron chi connectivity index (χ4n) is 2.65. The number of nitrogens with two attached hydrogens (primary N) is 1. The molecule has 1 aliphatic carbocycles. The summed E-state index contributed by atoms with van der Waals surface area (Å²) >= 11 is 1.99. The highest BCUT2D eigenvalue weighted by Gasteiger charge is 2.32. The van der Waals surface area contributed by atoms with E-state index in [1.165, 1.54) is 18.6 Å². The van der Waals surface area contributed by atoms with Crippen LogP contribution in [-0.4, -0.2) is 29.0 Å². The number of nitrogens with one attached hydrogen (secondary N) is 1. The van der Waals surface area contributed by atoms with E-state index in [0.29, 0.717) is 0 Å². The van der Waals surface area contributed by atoms with Gasteiger partial charge in [-0.15, -0.1) is 0 Å². The molecule has 2 fully saturated rings. The standard InChI is InChI=1S/C12H22N2OS/c1-12(5-2-6-16-12)8-14-11(15)9-3-4-10(13)7-9/h9-10H,2-8,13H2,1H3,(H,14,15). The van der Waals surface area contributed by atoms with Gasteiger partial charge >= 0.3 is 0 Å². The smallest absolute Gasteiger partial charge is 0.223 e. The second-order valence-electron chi connectivity index (χ2n) is 5.39. The van der Waals surface area contributed by atoms with Crippen LogP contribution in [0.15, 0.2) is 0 Å². The van der Waals surface area contributed by atoms with Crippen molar-refractivity contribution in [1.82, 2.24) is 5.32 Å². The van der Waals surface area contributed by atoms with E-state index in [2.05, 4.69) is 12.2 Å². The molecule has 3 nitrogen and oxygen atoms in total. The normalized spacial score (nSPS) is 38.9. The largest absolute Gasteiger partial charge is 0.354 e. The molecule has 4 heteroatoms. The molecule has 1 amide bonds. The zero-order valence-electron chi connectivity index (χ0n) is 10.00. The predicted molar refractivity (Wildman–Crippen MR) is 68.4 cm³/mol. The molecular formula is C12H22N2OS. The van der Waals surface area contributed by atoms with E-state index in [9.17, 15) is 4.79 Å². The van der Waals surface area contributed by atoms with E-state index >= 15 is 0 Å². The molecule has 3 atom stereocenters. The van der Waals surface area contributed by atoms with E-state index in [1.54, 1.807) is 0 Å². The van der Waals surface area contributed by atoms with Crippen LogP contribution in [-0.2, 0) is 4.79 Å². The number of carbonyl (C=O) groups excluding carboxylic acids is 1. The summed E-state index contributed by atoms with van der Waals surface area (Å²) < 4.78 is 0.274. The Morgan fingerprint density at radius 1 is 1.56 bits per heavy atom. The fraction of sp³-hybridized carbons (Fsp3) is 0.917. The minimum Gasteiger partial charge on any atom is -0.354 e. The Morgan fingerprint density at radius 3 is 2.94 bits per heavy atom. The Balaban J connectivity index is 1.75. The first-order chi connectivity index (χ1) is 7.59. The summed E-state index contributed by atoms with van der Waals surface area (Å²) in [5.74, 6) is 1.63.